The quantitative estimate of drug-likeness (QED) is 0.846. The first-order valence-electron chi connectivity index (χ1n) is 8.65. The predicted octanol–water partition coefficient (Wildman–Crippen LogP) is 3.09. The SMILES string of the molecule is CCN(CC)c1ccc(N2CCN(C(=O)c3ccco3)CC2)cc1. The zero-order valence-electron chi connectivity index (χ0n) is 14.4. The Balaban J connectivity index is 1.59. The summed E-state index contributed by atoms with van der Waals surface area (Å²) in [4.78, 5) is 18.8. The minimum Gasteiger partial charge on any atom is -0.459 e. The molecule has 1 saturated heterocycles. The molecule has 2 heterocycles. The summed E-state index contributed by atoms with van der Waals surface area (Å²) in [5, 5.41) is 0. The van der Waals surface area contributed by atoms with E-state index in [4.69, 9.17) is 4.42 Å². The summed E-state index contributed by atoms with van der Waals surface area (Å²) in [5.41, 5.74) is 2.48. The van der Waals surface area contributed by atoms with Gasteiger partial charge in [-0.15, -0.1) is 0 Å². The van der Waals surface area contributed by atoms with Crippen LogP contribution in [0.3, 0.4) is 0 Å². The van der Waals surface area contributed by atoms with Gasteiger partial charge in [0.1, 0.15) is 0 Å². The summed E-state index contributed by atoms with van der Waals surface area (Å²) in [5.74, 6) is 0.406. The van der Waals surface area contributed by atoms with Crippen LogP contribution in [0.2, 0.25) is 0 Å². The summed E-state index contributed by atoms with van der Waals surface area (Å²) in [6.45, 7) is 9.51. The van der Waals surface area contributed by atoms with Crippen LogP contribution in [0.25, 0.3) is 0 Å². The van der Waals surface area contributed by atoms with Crippen molar-refractivity contribution in [3.8, 4) is 0 Å². The Labute approximate surface area is 143 Å². The Morgan fingerprint density at radius 2 is 1.71 bits per heavy atom. The third-order valence-corrected chi connectivity index (χ3v) is 4.64. The molecular formula is C19H25N3O2. The van der Waals surface area contributed by atoms with Gasteiger partial charge < -0.3 is 19.1 Å². The van der Waals surface area contributed by atoms with E-state index >= 15 is 0 Å². The second kappa shape index (κ2) is 7.43. The number of rotatable bonds is 5. The molecule has 0 radical (unpaired) electrons. The van der Waals surface area contributed by atoms with Crippen molar-refractivity contribution in [1.29, 1.82) is 0 Å². The van der Waals surface area contributed by atoms with Crippen LogP contribution in [0.15, 0.2) is 47.1 Å². The van der Waals surface area contributed by atoms with E-state index in [0.29, 0.717) is 5.76 Å². The molecule has 0 spiro atoms. The lowest BCUT2D eigenvalue weighted by Gasteiger charge is -2.36. The summed E-state index contributed by atoms with van der Waals surface area (Å²) < 4.78 is 5.21. The van der Waals surface area contributed by atoms with Crippen LogP contribution < -0.4 is 9.80 Å². The van der Waals surface area contributed by atoms with Gasteiger partial charge in [0.25, 0.3) is 5.91 Å². The van der Waals surface area contributed by atoms with Crippen LogP contribution in [0.5, 0.6) is 0 Å². The highest BCUT2D eigenvalue weighted by Gasteiger charge is 2.23. The number of anilines is 2. The van der Waals surface area contributed by atoms with Crippen molar-refractivity contribution in [3.05, 3.63) is 48.4 Å². The molecule has 0 unspecified atom stereocenters. The second-order valence-electron chi connectivity index (χ2n) is 5.95. The number of carbonyl (C=O) groups excluding carboxylic acids is 1. The zero-order chi connectivity index (χ0) is 16.9. The van der Waals surface area contributed by atoms with E-state index in [0.717, 1.165) is 39.3 Å². The highest BCUT2D eigenvalue weighted by molar-refractivity contribution is 5.91. The first-order valence-corrected chi connectivity index (χ1v) is 8.65. The van der Waals surface area contributed by atoms with E-state index in [1.165, 1.54) is 11.4 Å². The largest absolute Gasteiger partial charge is 0.459 e. The van der Waals surface area contributed by atoms with Crippen molar-refractivity contribution in [2.24, 2.45) is 0 Å². The molecule has 0 atom stereocenters. The third kappa shape index (κ3) is 3.40. The Bertz CT molecular complexity index is 640. The van der Waals surface area contributed by atoms with Crippen molar-refractivity contribution in [3.63, 3.8) is 0 Å². The van der Waals surface area contributed by atoms with Crippen molar-refractivity contribution in [1.82, 2.24) is 4.90 Å². The van der Waals surface area contributed by atoms with Gasteiger partial charge in [-0.2, -0.15) is 0 Å². The second-order valence-corrected chi connectivity index (χ2v) is 5.95. The Kier molecular flexibility index (Phi) is 5.08. The molecular weight excluding hydrogens is 302 g/mol. The van der Waals surface area contributed by atoms with E-state index in [2.05, 4.69) is 47.9 Å². The molecule has 1 aliphatic rings. The van der Waals surface area contributed by atoms with Crippen LogP contribution in [0.4, 0.5) is 11.4 Å². The molecule has 2 aromatic rings. The summed E-state index contributed by atoms with van der Waals surface area (Å²) in [6, 6.07) is 12.2. The van der Waals surface area contributed by atoms with Crippen molar-refractivity contribution >= 4 is 17.3 Å². The number of amides is 1. The number of hydrogen-bond donors (Lipinski definition) is 0. The molecule has 0 bridgehead atoms. The standard InChI is InChI=1S/C19H25N3O2/c1-3-20(4-2)16-7-9-17(10-8-16)21-11-13-22(14-12-21)19(23)18-6-5-15-24-18/h5-10,15H,3-4,11-14H2,1-2H3. The number of carbonyl (C=O) groups is 1. The molecule has 5 heteroatoms. The molecule has 1 aromatic carbocycles. The Morgan fingerprint density at radius 3 is 2.25 bits per heavy atom. The van der Waals surface area contributed by atoms with Crippen LogP contribution in [0, 0.1) is 0 Å². The van der Waals surface area contributed by atoms with E-state index in [-0.39, 0.29) is 5.91 Å². The molecule has 24 heavy (non-hydrogen) atoms. The molecule has 3 rings (SSSR count). The molecule has 1 aliphatic heterocycles. The fourth-order valence-electron chi connectivity index (χ4n) is 3.19. The zero-order valence-corrected chi connectivity index (χ0v) is 14.4. The van der Waals surface area contributed by atoms with Gasteiger partial charge in [-0.3, -0.25) is 4.79 Å². The fourth-order valence-corrected chi connectivity index (χ4v) is 3.19. The predicted molar refractivity (Wildman–Crippen MR) is 96.8 cm³/mol. The molecule has 1 amide bonds. The van der Waals surface area contributed by atoms with Gasteiger partial charge in [0, 0.05) is 50.6 Å². The molecule has 5 nitrogen and oxygen atoms in total. The lowest BCUT2D eigenvalue weighted by Crippen LogP contribution is -2.48. The van der Waals surface area contributed by atoms with Gasteiger partial charge in [-0.25, -0.2) is 0 Å². The minimum atomic E-state index is -0.0171. The Hall–Kier alpha value is -2.43. The fraction of sp³-hybridized carbons (Fsp3) is 0.421. The molecule has 0 N–H and O–H groups in total. The first-order chi connectivity index (χ1) is 11.7. The van der Waals surface area contributed by atoms with Crippen LogP contribution in [-0.2, 0) is 0 Å². The summed E-state index contributed by atoms with van der Waals surface area (Å²) in [6.07, 6.45) is 1.54. The lowest BCUT2D eigenvalue weighted by atomic mass is 10.2. The van der Waals surface area contributed by atoms with Gasteiger partial charge in [0.05, 0.1) is 6.26 Å². The number of hydrogen-bond acceptors (Lipinski definition) is 4. The van der Waals surface area contributed by atoms with Crippen LogP contribution >= 0.6 is 0 Å². The van der Waals surface area contributed by atoms with Gasteiger partial charge in [0.15, 0.2) is 5.76 Å². The van der Waals surface area contributed by atoms with Crippen LogP contribution in [-0.4, -0.2) is 50.1 Å². The van der Waals surface area contributed by atoms with Crippen molar-refractivity contribution < 1.29 is 9.21 Å². The van der Waals surface area contributed by atoms with Gasteiger partial charge in [0.2, 0.25) is 0 Å². The van der Waals surface area contributed by atoms with Crippen molar-refractivity contribution in [2.45, 2.75) is 13.8 Å². The molecule has 0 aliphatic carbocycles. The topological polar surface area (TPSA) is 39.9 Å². The van der Waals surface area contributed by atoms with Gasteiger partial charge >= 0.3 is 0 Å². The maximum absolute atomic E-state index is 12.3. The molecule has 128 valence electrons. The van der Waals surface area contributed by atoms with E-state index in [1.807, 2.05) is 4.90 Å². The minimum absolute atomic E-state index is 0.0171. The maximum atomic E-state index is 12.3. The van der Waals surface area contributed by atoms with Gasteiger partial charge in [-0.05, 0) is 50.2 Å². The third-order valence-electron chi connectivity index (χ3n) is 4.64. The average Bonchev–Trinajstić information content (AvgIpc) is 3.18. The lowest BCUT2D eigenvalue weighted by molar-refractivity contribution is 0.0714. The first kappa shape index (κ1) is 16.4. The number of nitrogens with zero attached hydrogens (tertiary/aromatic N) is 3. The Morgan fingerprint density at radius 1 is 1.04 bits per heavy atom. The highest BCUT2D eigenvalue weighted by Crippen LogP contribution is 2.22. The van der Waals surface area contributed by atoms with Crippen molar-refractivity contribution in [2.75, 3.05) is 49.1 Å². The monoisotopic (exact) mass is 327 g/mol. The molecule has 0 saturated carbocycles. The smallest absolute Gasteiger partial charge is 0.289 e. The number of benzene rings is 1. The highest BCUT2D eigenvalue weighted by atomic mass is 16.3. The molecule has 1 fully saturated rings. The molecule has 1 aromatic heterocycles. The summed E-state index contributed by atoms with van der Waals surface area (Å²) >= 11 is 0. The van der Waals surface area contributed by atoms with E-state index in [9.17, 15) is 4.79 Å². The normalized spacial score (nSPS) is 14.8. The van der Waals surface area contributed by atoms with E-state index < -0.39 is 0 Å². The number of piperazine rings is 1. The maximum Gasteiger partial charge on any atom is 0.289 e. The van der Waals surface area contributed by atoms with Gasteiger partial charge in [-0.1, -0.05) is 0 Å². The average molecular weight is 327 g/mol. The number of furan rings is 1. The summed E-state index contributed by atoms with van der Waals surface area (Å²) in [7, 11) is 0. The van der Waals surface area contributed by atoms with E-state index in [1.54, 1.807) is 18.4 Å². The van der Waals surface area contributed by atoms with Crippen LogP contribution in [0.1, 0.15) is 24.4 Å².